The molecule has 106 valence electrons. The molecule has 1 aliphatic carbocycles. The Morgan fingerprint density at radius 2 is 2.00 bits per heavy atom. The molecule has 0 saturated heterocycles. The molecule has 0 radical (unpaired) electrons. The molecule has 5 nitrogen and oxygen atoms in total. The van der Waals surface area contributed by atoms with E-state index in [2.05, 4.69) is 10.3 Å². The summed E-state index contributed by atoms with van der Waals surface area (Å²) >= 11 is 0. The van der Waals surface area contributed by atoms with Crippen LogP contribution in [0.1, 0.15) is 32.1 Å². The molecule has 3 rings (SSSR count). The van der Waals surface area contributed by atoms with Crippen molar-refractivity contribution < 1.29 is 4.79 Å². The van der Waals surface area contributed by atoms with Crippen molar-refractivity contribution in [3.63, 3.8) is 0 Å². The minimum atomic E-state index is -0.231. The van der Waals surface area contributed by atoms with E-state index in [4.69, 9.17) is 0 Å². The van der Waals surface area contributed by atoms with Crippen LogP contribution in [0.3, 0.4) is 0 Å². The quantitative estimate of drug-likeness (QED) is 0.895. The van der Waals surface area contributed by atoms with Crippen molar-refractivity contribution in [3.05, 3.63) is 34.7 Å². The fraction of sp³-hybridized carbons (Fsp3) is 0.467. The van der Waals surface area contributed by atoms with Crippen LogP contribution in [0.4, 0.5) is 0 Å². The molecule has 1 aromatic carbocycles. The molecule has 1 fully saturated rings. The van der Waals surface area contributed by atoms with Gasteiger partial charge in [-0.3, -0.25) is 9.36 Å². The van der Waals surface area contributed by atoms with Crippen LogP contribution in [0.5, 0.6) is 0 Å². The Hall–Kier alpha value is -2.04. The van der Waals surface area contributed by atoms with E-state index >= 15 is 0 Å². The maximum absolute atomic E-state index is 12.1. The number of carbonyl (C=O) groups excluding carboxylic acids is 1. The van der Waals surface area contributed by atoms with Crippen LogP contribution in [0.2, 0.25) is 0 Å². The number of nitrogens with zero attached hydrogens (tertiary/aromatic N) is 1. The summed E-state index contributed by atoms with van der Waals surface area (Å²) in [7, 11) is 0. The normalized spacial score (nSPS) is 16.4. The van der Waals surface area contributed by atoms with Gasteiger partial charge in [-0.1, -0.05) is 31.4 Å². The van der Waals surface area contributed by atoms with Crippen molar-refractivity contribution >= 4 is 16.9 Å². The van der Waals surface area contributed by atoms with E-state index in [1.807, 2.05) is 24.3 Å². The monoisotopic (exact) mass is 273 g/mol. The molecule has 1 heterocycles. The Morgan fingerprint density at radius 3 is 2.80 bits per heavy atom. The molecule has 1 aromatic heterocycles. The van der Waals surface area contributed by atoms with Gasteiger partial charge in [0.05, 0.1) is 11.0 Å². The van der Waals surface area contributed by atoms with Crippen molar-refractivity contribution in [2.24, 2.45) is 0 Å². The van der Waals surface area contributed by atoms with E-state index in [9.17, 15) is 9.59 Å². The van der Waals surface area contributed by atoms with Gasteiger partial charge in [0.15, 0.2) is 0 Å². The smallest absolute Gasteiger partial charge is 0.326 e. The third-order valence-corrected chi connectivity index (χ3v) is 3.95. The number of aromatic nitrogens is 2. The number of H-pyrrole nitrogens is 1. The molecule has 2 N–H and O–H groups in total. The highest BCUT2D eigenvalue weighted by molar-refractivity contribution is 5.80. The Balaban J connectivity index is 1.74. The SMILES string of the molecule is O=C(Cn1c(=O)[nH]c2ccccc21)NC1CCCCC1. The zero-order valence-electron chi connectivity index (χ0n) is 11.4. The molecule has 0 bridgehead atoms. The number of hydrogen-bond acceptors (Lipinski definition) is 2. The number of hydrogen-bond donors (Lipinski definition) is 2. The highest BCUT2D eigenvalue weighted by atomic mass is 16.2. The van der Waals surface area contributed by atoms with Gasteiger partial charge in [-0.15, -0.1) is 0 Å². The molecule has 1 amide bonds. The lowest BCUT2D eigenvalue weighted by Crippen LogP contribution is -2.39. The molecule has 0 spiro atoms. The zero-order valence-corrected chi connectivity index (χ0v) is 11.4. The predicted molar refractivity (Wildman–Crippen MR) is 77.6 cm³/mol. The summed E-state index contributed by atoms with van der Waals surface area (Å²) in [5.74, 6) is -0.0799. The Kier molecular flexibility index (Phi) is 3.58. The highest BCUT2D eigenvalue weighted by Crippen LogP contribution is 2.17. The lowest BCUT2D eigenvalue weighted by Gasteiger charge is -2.22. The first-order valence-electron chi connectivity index (χ1n) is 7.21. The maximum Gasteiger partial charge on any atom is 0.326 e. The van der Waals surface area contributed by atoms with E-state index in [1.165, 1.54) is 23.8 Å². The molecule has 5 heteroatoms. The van der Waals surface area contributed by atoms with Crippen molar-refractivity contribution in [3.8, 4) is 0 Å². The predicted octanol–water partition coefficient (Wildman–Crippen LogP) is 1.78. The van der Waals surface area contributed by atoms with Gasteiger partial charge in [0, 0.05) is 6.04 Å². The van der Waals surface area contributed by atoms with Crippen molar-refractivity contribution in [2.45, 2.75) is 44.7 Å². The first-order valence-corrected chi connectivity index (χ1v) is 7.21. The summed E-state index contributed by atoms with van der Waals surface area (Å²) in [6, 6.07) is 7.70. The summed E-state index contributed by atoms with van der Waals surface area (Å²) < 4.78 is 1.49. The molecule has 20 heavy (non-hydrogen) atoms. The van der Waals surface area contributed by atoms with E-state index in [0.29, 0.717) is 0 Å². The van der Waals surface area contributed by atoms with Crippen LogP contribution in [0, 0.1) is 0 Å². The molecule has 1 aliphatic rings. The zero-order chi connectivity index (χ0) is 13.9. The maximum atomic E-state index is 12.1. The van der Waals surface area contributed by atoms with Crippen molar-refractivity contribution in [1.82, 2.24) is 14.9 Å². The number of aromatic amines is 1. The van der Waals surface area contributed by atoms with Crippen LogP contribution in [0.25, 0.3) is 11.0 Å². The van der Waals surface area contributed by atoms with Crippen molar-refractivity contribution in [1.29, 1.82) is 0 Å². The molecular formula is C15H19N3O2. The van der Waals surface area contributed by atoms with Gasteiger partial charge >= 0.3 is 5.69 Å². The van der Waals surface area contributed by atoms with Gasteiger partial charge in [-0.25, -0.2) is 4.79 Å². The van der Waals surface area contributed by atoms with Crippen LogP contribution in [-0.4, -0.2) is 21.5 Å². The van der Waals surface area contributed by atoms with Gasteiger partial charge in [-0.05, 0) is 25.0 Å². The minimum Gasteiger partial charge on any atom is -0.352 e. The van der Waals surface area contributed by atoms with E-state index in [-0.39, 0.29) is 24.2 Å². The van der Waals surface area contributed by atoms with Crippen LogP contribution < -0.4 is 11.0 Å². The Morgan fingerprint density at radius 1 is 1.25 bits per heavy atom. The summed E-state index contributed by atoms with van der Waals surface area (Å²) in [5.41, 5.74) is 1.31. The molecule has 1 saturated carbocycles. The molecule has 2 aromatic rings. The number of fused-ring (bicyclic) bond motifs is 1. The highest BCUT2D eigenvalue weighted by Gasteiger charge is 2.17. The fourth-order valence-electron chi connectivity index (χ4n) is 2.93. The fourth-order valence-corrected chi connectivity index (χ4v) is 2.93. The molecular weight excluding hydrogens is 254 g/mol. The second-order valence-electron chi connectivity index (χ2n) is 5.44. The van der Waals surface area contributed by atoms with Crippen molar-refractivity contribution in [2.75, 3.05) is 0 Å². The number of carbonyl (C=O) groups is 1. The lowest BCUT2D eigenvalue weighted by molar-refractivity contribution is -0.122. The number of rotatable bonds is 3. The first kappa shape index (κ1) is 13.0. The number of imidazole rings is 1. The minimum absolute atomic E-state index is 0.0799. The van der Waals surface area contributed by atoms with Crippen LogP contribution in [-0.2, 0) is 11.3 Å². The van der Waals surface area contributed by atoms with Gasteiger partial charge in [-0.2, -0.15) is 0 Å². The number of amides is 1. The van der Waals surface area contributed by atoms with Gasteiger partial charge in [0.25, 0.3) is 0 Å². The molecule has 0 unspecified atom stereocenters. The topological polar surface area (TPSA) is 66.9 Å². The van der Waals surface area contributed by atoms with Gasteiger partial charge in [0.1, 0.15) is 6.54 Å². The first-order chi connectivity index (χ1) is 9.74. The third-order valence-electron chi connectivity index (χ3n) is 3.95. The molecule has 0 aliphatic heterocycles. The van der Waals surface area contributed by atoms with Gasteiger partial charge in [0.2, 0.25) is 5.91 Å². The lowest BCUT2D eigenvalue weighted by atomic mass is 9.95. The largest absolute Gasteiger partial charge is 0.352 e. The number of para-hydroxylation sites is 2. The summed E-state index contributed by atoms with van der Waals surface area (Å²) in [6.07, 6.45) is 5.72. The second-order valence-corrected chi connectivity index (χ2v) is 5.44. The van der Waals surface area contributed by atoms with E-state index in [1.54, 1.807) is 0 Å². The molecule has 0 atom stereocenters. The van der Waals surface area contributed by atoms with E-state index < -0.39 is 0 Å². The second kappa shape index (κ2) is 5.53. The standard InChI is InChI=1S/C15H19N3O2/c19-14(16-11-6-2-1-3-7-11)10-18-13-9-5-4-8-12(13)17-15(18)20/h4-5,8-9,11H,1-3,6-7,10H2,(H,16,19)(H,17,20). The number of nitrogens with one attached hydrogen (secondary N) is 2. The average Bonchev–Trinajstić information content (AvgIpc) is 2.76. The number of benzene rings is 1. The summed E-state index contributed by atoms with van der Waals surface area (Å²) in [5, 5.41) is 3.04. The Bertz CT molecular complexity index is 665. The van der Waals surface area contributed by atoms with E-state index in [0.717, 1.165) is 23.9 Å². The summed E-state index contributed by atoms with van der Waals surface area (Å²) in [6.45, 7) is 0.0827. The van der Waals surface area contributed by atoms with Gasteiger partial charge < -0.3 is 10.3 Å². The summed E-state index contributed by atoms with van der Waals surface area (Å²) in [4.78, 5) is 26.7. The Labute approximate surface area is 117 Å². The van der Waals surface area contributed by atoms with Crippen LogP contribution in [0.15, 0.2) is 29.1 Å². The average molecular weight is 273 g/mol. The third kappa shape index (κ3) is 2.61. The van der Waals surface area contributed by atoms with Crippen LogP contribution >= 0.6 is 0 Å².